The molecule has 0 bridgehead atoms. The molecule has 0 saturated heterocycles. The van der Waals surface area contributed by atoms with E-state index >= 15 is 0 Å². The Morgan fingerprint density at radius 3 is 2.41 bits per heavy atom. The van der Waals surface area contributed by atoms with Crippen molar-refractivity contribution >= 4 is 11.3 Å². The third kappa shape index (κ3) is 6.24. The zero-order valence-electron chi connectivity index (χ0n) is 29.8. The molecule has 0 spiro atoms. The average Bonchev–Trinajstić information content (AvgIpc) is 3.53. The molecule has 0 aromatic heterocycles. The van der Waals surface area contributed by atoms with Gasteiger partial charge in [0, 0.05) is 29.4 Å². The summed E-state index contributed by atoms with van der Waals surface area (Å²) in [6, 6.07) is 21.6. The second-order valence-corrected chi connectivity index (χ2v) is 15.3. The van der Waals surface area contributed by atoms with Crippen LogP contribution in [0.25, 0.3) is 5.57 Å². The van der Waals surface area contributed by atoms with Gasteiger partial charge < -0.3 is 9.80 Å². The van der Waals surface area contributed by atoms with E-state index in [0.29, 0.717) is 36.0 Å². The lowest BCUT2D eigenvalue weighted by atomic mass is 9.77. The first-order valence-electron chi connectivity index (χ1n) is 19.5. The Morgan fingerprint density at radius 2 is 1.59 bits per heavy atom. The molecule has 0 N–H and O–H groups in total. The van der Waals surface area contributed by atoms with Gasteiger partial charge in [0.2, 0.25) is 0 Å². The first-order valence-corrected chi connectivity index (χ1v) is 19.5. The summed E-state index contributed by atoms with van der Waals surface area (Å²) in [7, 11) is 0. The van der Waals surface area contributed by atoms with Crippen molar-refractivity contribution in [3.63, 3.8) is 0 Å². The van der Waals surface area contributed by atoms with Gasteiger partial charge in [0.15, 0.2) is 0 Å². The van der Waals surface area contributed by atoms with Crippen molar-refractivity contribution in [1.29, 1.82) is 0 Å². The van der Waals surface area contributed by atoms with Crippen LogP contribution in [-0.4, -0.2) is 29.1 Å². The highest BCUT2D eigenvalue weighted by molar-refractivity contribution is 5.75. The molecular weight excluding hydrogens is 617 g/mol. The molecule has 256 valence electrons. The molecular formula is C49H50N2. The maximum absolute atomic E-state index is 4.61. The highest BCUT2D eigenvalue weighted by atomic mass is 15.2. The minimum absolute atomic E-state index is 0.343. The van der Waals surface area contributed by atoms with Crippen LogP contribution in [0.4, 0.5) is 5.69 Å². The summed E-state index contributed by atoms with van der Waals surface area (Å²) < 4.78 is 0. The van der Waals surface area contributed by atoms with Crippen molar-refractivity contribution in [2.75, 3.05) is 4.90 Å². The Balaban J connectivity index is 0.963. The molecule has 1 heterocycles. The van der Waals surface area contributed by atoms with Crippen LogP contribution in [0.5, 0.6) is 0 Å². The van der Waals surface area contributed by atoms with Gasteiger partial charge in [-0.05, 0) is 115 Å². The summed E-state index contributed by atoms with van der Waals surface area (Å²) >= 11 is 0. The Bertz CT molecular complexity index is 1990. The van der Waals surface area contributed by atoms with Gasteiger partial charge in [-0.1, -0.05) is 140 Å². The number of rotatable bonds is 7. The van der Waals surface area contributed by atoms with Crippen molar-refractivity contribution in [3.05, 3.63) is 191 Å². The predicted molar refractivity (Wildman–Crippen MR) is 215 cm³/mol. The van der Waals surface area contributed by atoms with E-state index in [0.717, 1.165) is 44.9 Å². The van der Waals surface area contributed by atoms with Gasteiger partial charge in [0.1, 0.15) is 0 Å². The van der Waals surface area contributed by atoms with E-state index in [1.807, 2.05) is 0 Å². The van der Waals surface area contributed by atoms with Crippen molar-refractivity contribution < 1.29 is 0 Å². The molecule has 6 aliphatic carbocycles. The van der Waals surface area contributed by atoms with Crippen LogP contribution in [0.2, 0.25) is 0 Å². The first kappa shape index (κ1) is 32.1. The highest BCUT2D eigenvalue weighted by Crippen LogP contribution is 2.48. The molecule has 2 heteroatoms. The molecule has 0 saturated carbocycles. The fourth-order valence-electron chi connectivity index (χ4n) is 9.70. The number of anilines is 1. The van der Waals surface area contributed by atoms with Gasteiger partial charge in [-0.3, -0.25) is 0 Å². The van der Waals surface area contributed by atoms with Gasteiger partial charge in [0.25, 0.3) is 0 Å². The van der Waals surface area contributed by atoms with Crippen molar-refractivity contribution in [2.24, 2.45) is 5.92 Å². The molecule has 6 atom stereocenters. The largest absolute Gasteiger partial charge is 0.361 e. The van der Waals surface area contributed by atoms with E-state index < -0.39 is 0 Å². The molecule has 2 aromatic rings. The van der Waals surface area contributed by atoms with E-state index in [4.69, 9.17) is 0 Å². The molecule has 2 nitrogen and oxygen atoms in total. The van der Waals surface area contributed by atoms with E-state index in [-0.39, 0.29) is 0 Å². The summed E-state index contributed by atoms with van der Waals surface area (Å²) in [5, 5.41) is 0. The Morgan fingerprint density at radius 1 is 0.706 bits per heavy atom. The number of para-hydroxylation sites is 1. The molecule has 0 amide bonds. The third-order valence-electron chi connectivity index (χ3n) is 12.3. The summed E-state index contributed by atoms with van der Waals surface area (Å²) in [6.07, 6.45) is 46.6. The van der Waals surface area contributed by atoms with Gasteiger partial charge >= 0.3 is 0 Å². The fourth-order valence-corrected chi connectivity index (χ4v) is 9.70. The lowest BCUT2D eigenvalue weighted by Crippen LogP contribution is -2.43. The summed E-state index contributed by atoms with van der Waals surface area (Å²) in [6.45, 7) is 4.61. The molecule has 0 radical (unpaired) electrons. The van der Waals surface area contributed by atoms with Crippen LogP contribution in [0, 0.1) is 5.92 Å². The van der Waals surface area contributed by atoms with Crippen LogP contribution >= 0.6 is 0 Å². The van der Waals surface area contributed by atoms with Crippen LogP contribution in [0.3, 0.4) is 0 Å². The molecule has 9 rings (SSSR count). The average molecular weight is 667 g/mol. The SMILES string of the molecule is C=C1CC=C(C2CC=CC(N(C3=CCCC=C3)C3C=CC(c4ccccc4)=CC3)C2)C=C1C1=CC2c3ccccc3N(C3CC=CCC3)C2C=C1. The van der Waals surface area contributed by atoms with Gasteiger partial charge in [0.05, 0.1) is 12.1 Å². The summed E-state index contributed by atoms with van der Waals surface area (Å²) in [5.74, 6) is 0.868. The van der Waals surface area contributed by atoms with Crippen molar-refractivity contribution in [2.45, 2.75) is 87.9 Å². The molecule has 1 aliphatic heterocycles. The second kappa shape index (κ2) is 14.1. The zero-order chi connectivity index (χ0) is 34.1. The number of allylic oxidation sites excluding steroid dienone is 14. The van der Waals surface area contributed by atoms with Crippen LogP contribution in [0.1, 0.15) is 74.8 Å². The minimum atomic E-state index is 0.343. The molecule has 51 heavy (non-hydrogen) atoms. The minimum Gasteiger partial charge on any atom is -0.361 e. The van der Waals surface area contributed by atoms with E-state index in [2.05, 4.69) is 162 Å². The number of hydrogen-bond donors (Lipinski definition) is 0. The maximum Gasteiger partial charge on any atom is 0.0584 e. The number of hydrogen-bond acceptors (Lipinski definition) is 2. The first-order chi connectivity index (χ1) is 25.2. The van der Waals surface area contributed by atoms with Gasteiger partial charge in [-0.25, -0.2) is 0 Å². The number of benzene rings is 2. The van der Waals surface area contributed by atoms with Crippen LogP contribution < -0.4 is 4.90 Å². The number of fused-ring (bicyclic) bond motifs is 3. The smallest absolute Gasteiger partial charge is 0.0584 e. The normalized spacial score (nSPS) is 29.5. The van der Waals surface area contributed by atoms with E-state index in [1.54, 1.807) is 0 Å². The summed E-state index contributed by atoms with van der Waals surface area (Å²) in [5.41, 5.74) is 12.3. The van der Waals surface area contributed by atoms with Crippen molar-refractivity contribution in [1.82, 2.24) is 4.90 Å². The standard InChI is InChI=1S/C49H50N2/c1-35-24-25-39(33-46(35)40-28-31-49-47(34-40)45-22-11-12-23-48(45)51(49)42-19-9-4-10-20-42)38-16-13-21-44(32-38)50(41-17-7-3-8-18-41)43-29-26-37(27-30-43)36-14-5-2-6-15-36/h2,4-7,9,11-15,17-18,21-23,25-29,31,33-34,38,42-44,47,49H,1,3,8,10,16,19-20,24,30,32H2. The number of nitrogens with zero attached hydrogens (tertiary/aromatic N) is 2. The zero-order valence-corrected chi connectivity index (χ0v) is 29.8. The Kier molecular flexibility index (Phi) is 8.86. The molecule has 0 fully saturated rings. The molecule has 2 aromatic carbocycles. The summed E-state index contributed by atoms with van der Waals surface area (Å²) in [4.78, 5) is 5.46. The van der Waals surface area contributed by atoms with Crippen LogP contribution in [-0.2, 0) is 0 Å². The molecule has 7 aliphatic rings. The second-order valence-electron chi connectivity index (χ2n) is 15.3. The monoisotopic (exact) mass is 666 g/mol. The van der Waals surface area contributed by atoms with E-state index in [9.17, 15) is 0 Å². The Labute approximate surface area is 305 Å². The lowest BCUT2D eigenvalue weighted by molar-refractivity contribution is 0.221. The molecule has 6 unspecified atom stereocenters. The Hall–Kier alpha value is -4.82. The highest BCUT2D eigenvalue weighted by Gasteiger charge is 2.41. The van der Waals surface area contributed by atoms with E-state index in [1.165, 1.54) is 63.2 Å². The predicted octanol–water partition coefficient (Wildman–Crippen LogP) is 11.7. The quantitative estimate of drug-likeness (QED) is 0.271. The maximum atomic E-state index is 4.61. The third-order valence-corrected chi connectivity index (χ3v) is 12.3. The lowest BCUT2D eigenvalue weighted by Gasteiger charge is -2.42. The topological polar surface area (TPSA) is 6.48 Å². The fraction of sp³-hybridized carbons (Fsp3) is 0.306. The van der Waals surface area contributed by atoms with Gasteiger partial charge in [-0.15, -0.1) is 0 Å². The van der Waals surface area contributed by atoms with Crippen molar-refractivity contribution in [3.8, 4) is 0 Å². The van der Waals surface area contributed by atoms with Gasteiger partial charge in [-0.2, -0.15) is 0 Å². The van der Waals surface area contributed by atoms with Crippen LogP contribution in [0.15, 0.2) is 180 Å².